The summed E-state index contributed by atoms with van der Waals surface area (Å²) in [5.41, 5.74) is 0. The number of benzene rings is 4. The third kappa shape index (κ3) is 5.03. The van der Waals surface area contributed by atoms with Crippen LogP contribution in [-0.4, -0.2) is 12.8 Å². The zero-order valence-electron chi connectivity index (χ0n) is 17.6. The molecule has 0 heterocycles. The van der Waals surface area contributed by atoms with Crippen molar-refractivity contribution < 1.29 is 9.13 Å². The molecule has 0 aliphatic rings. The van der Waals surface area contributed by atoms with Crippen molar-refractivity contribution >= 4 is 23.2 Å². The molecule has 0 bridgehead atoms. The molecule has 0 fully saturated rings. The van der Waals surface area contributed by atoms with Crippen molar-refractivity contribution in [2.24, 2.45) is 0 Å². The molecule has 0 spiro atoms. The van der Waals surface area contributed by atoms with E-state index in [9.17, 15) is 4.39 Å². The second-order valence-electron chi connectivity index (χ2n) is 7.76. The molecule has 0 radical (unpaired) electrons. The summed E-state index contributed by atoms with van der Waals surface area (Å²) in [5, 5.41) is 4.31. The molecule has 4 aromatic carbocycles. The van der Waals surface area contributed by atoms with Crippen molar-refractivity contribution in [2.45, 2.75) is 12.8 Å². The first-order valence-corrected chi connectivity index (χ1v) is 13.0. The van der Waals surface area contributed by atoms with Gasteiger partial charge in [-0.1, -0.05) is 0 Å². The number of halogens is 1. The Morgan fingerprint density at radius 2 is 1.00 bits per heavy atom. The molecule has 31 heavy (non-hydrogen) atoms. The molecule has 0 unspecified atom stereocenters. The van der Waals surface area contributed by atoms with Crippen LogP contribution in [0.2, 0.25) is 0 Å². The summed E-state index contributed by atoms with van der Waals surface area (Å²) >= 11 is 0. The average molecular weight is 431 g/mol. The van der Waals surface area contributed by atoms with Crippen LogP contribution in [0.5, 0.6) is 5.75 Å². The van der Waals surface area contributed by atoms with E-state index in [2.05, 4.69) is 91.0 Å². The maximum absolute atomic E-state index is 13.1. The third-order valence-corrected chi connectivity index (χ3v) is 10.9. The molecule has 0 aliphatic carbocycles. The van der Waals surface area contributed by atoms with E-state index in [1.165, 1.54) is 28.0 Å². The van der Waals surface area contributed by atoms with E-state index in [4.69, 9.17) is 4.74 Å². The number of unbranched alkanes of at least 4 members (excludes halogenated alkanes) is 1. The molecular weight excluding hydrogens is 402 g/mol. The summed E-state index contributed by atoms with van der Waals surface area (Å²) in [7, 11) is -2.17. The van der Waals surface area contributed by atoms with Crippen LogP contribution >= 0.6 is 7.26 Å². The first kappa shape index (κ1) is 21.3. The molecule has 0 aromatic heterocycles. The van der Waals surface area contributed by atoms with E-state index in [1.807, 2.05) is 0 Å². The molecule has 0 saturated heterocycles. The predicted molar refractivity (Wildman–Crippen MR) is 133 cm³/mol. The maximum atomic E-state index is 13.1. The van der Waals surface area contributed by atoms with Gasteiger partial charge in [-0.05, 0) is 0 Å². The fourth-order valence-electron chi connectivity index (χ4n) is 4.31. The van der Waals surface area contributed by atoms with E-state index in [0.717, 1.165) is 24.8 Å². The molecule has 0 saturated carbocycles. The molecule has 0 atom stereocenters. The molecule has 4 rings (SSSR count). The van der Waals surface area contributed by atoms with Gasteiger partial charge in [-0.25, -0.2) is 0 Å². The van der Waals surface area contributed by atoms with Crippen molar-refractivity contribution in [2.75, 3.05) is 12.8 Å². The van der Waals surface area contributed by atoms with Crippen LogP contribution in [0.4, 0.5) is 4.39 Å². The van der Waals surface area contributed by atoms with Gasteiger partial charge in [0.15, 0.2) is 0 Å². The van der Waals surface area contributed by atoms with E-state index >= 15 is 0 Å². The van der Waals surface area contributed by atoms with Gasteiger partial charge in [0.05, 0.1) is 0 Å². The van der Waals surface area contributed by atoms with Gasteiger partial charge < -0.3 is 0 Å². The van der Waals surface area contributed by atoms with Crippen LogP contribution in [0.25, 0.3) is 0 Å². The zero-order chi connectivity index (χ0) is 21.4. The van der Waals surface area contributed by atoms with Crippen LogP contribution in [0.15, 0.2) is 115 Å². The van der Waals surface area contributed by atoms with Gasteiger partial charge in [-0.3, -0.25) is 0 Å². The van der Waals surface area contributed by atoms with Crippen LogP contribution in [0, 0.1) is 5.82 Å². The number of hydrogen-bond acceptors (Lipinski definition) is 1. The van der Waals surface area contributed by atoms with Crippen LogP contribution in [0.3, 0.4) is 0 Å². The molecule has 4 aromatic rings. The summed E-state index contributed by atoms with van der Waals surface area (Å²) in [6, 6.07) is 39.2. The van der Waals surface area contributed by atoms with Crippen LogP contribution in [0.1, 0.15) is 12.8 Å². The fourth-order valence-corrected chi connectivity index (χ4v) is 9.24. The van der Waals surface area contributed by atoms with E-state index in [-0.39, 0.29) is 5.82 Å². The SMILES string of the molecule is Fc1ccc(OCCCC[PH](c2ccccc2)(c2ccccc2)c2ccccc2)cc1. The van der Waals surface area contributed by atoms with E-state index in [1.54, 1.807) is 12.1 Å². The van der Waals surface area contributed by atoms with Crippen molar-refractivity contribution in [3.05, 3.63) is 121 Å². The summed E-state index contributed by atoms with van der Waals surface area (Å²) in [6.07, 6.45) is 3.13. The van der Waals surface area contributed by atoms with Crippen molar-refractivity contribution in [1.82, 2.24) is 0 Å². The Labute approximate surface area is 184 Å². The first-order chi connectivity index (χ1) is 15.3. The Morgan fingerprint density at radius 1 is 0.548 bits per heavy atom. The minimum atomic E-state index is -2.17. The van der Waals surface area contributed by atoms with Gasteiger partial charge in [0, 0.05) is 0 Å². The molecule has 3 heteroatoms. The monoisotopic (exact) mass is 430 g/mol. The van der Waals surface area contributed by atoms with E-state index < -0.39 is 7.26 Å². The number of rotatable bonds is 9. The van der Waals surface area contributed by atoms with Gasteiger partial charge in [-0.15, -0.1) is 0 Å². The predicted octanol–water partition coefficient (Wildman–Crippen LogP) is 5.71. The zero-order valence-corrected chi connectivity index (χ0v) is 18.6. The molecule has 0 N–H and O–H groups in total. The van der Waals surface area contributed by atoms with Gasteiger partial charge in [-0.2, -0.15) is 0 Å². The number of hydrogen-bond donors (Lipinski definition) is 0. The first-order valence-electron chi connectivity index (χ1n) is 10.8. The van der Waals surface area contributed by atoms with Gasteiger partial charge in [0.1, 0.15) is 0 Å². The summed E-state index contributed by atoms with van der Waals surface area (Å²) < 4.78 is 18.9. The summed E-state index contributed by atoms with van der Waals surface area (Å²) in [4.78, 5) is 0. The van der Waals surface area contributed by atoms with Gasteiger partial charge in [0.25, 0.3) is 0 Å². The second kappa shape index (κ2) is 10.4. The molecule has 158 valence electrons. The Hall–Kier alpha value is -2.96. The van der Waals surface area contributed by atoms with Gasteiger partial charge >= 0.3 is 185 Å². The van der Waals surface area contributed by atoms with Crippen molar-refractivity contribution in [3.63, 3.8) is 0 Å². The Bertz CT molecular complexity index is 954. The summed E-state index contributed by atoms with van der Waals surface area (Å²) in [6.45, 7) is 0.633. The standard InChI is InChI=1S/C28H28FOP/c29-24-18-20-25(21-19-24)30-22-10-11-23-31(26-12-4-1-5-13-26,27-14-6-2-7-15-27)28-16-8-3-9-17-28/h1-9,12-21,31H,10-11,22-23H2. The second-order valence-corrected chi connectivity index (χ2v) is 11.8. The molecule has 0 amide bonds. The topological polar surface area (TPSA) is 9.23 Å². The molecule has 1 nitrogen and oxygen atoms in total. The minimum absolute atomic E-state index is 0.239. The number of ether oxygens (including phenoxy) is 1. The normalized spacial score (nSPS) is 11.8. The molecular formula is C28H28FOP. The van der Waals surface area contributed by atoms with E-state index in [0.29, 0.717) is 6.61 Å². The van der Waals surface area contributed by atoms with Crippen molar-refractivity contribution in [3.8, 4) is 5.75 Å². The third-order valence-electron chi connectivity index (χ3n) is 5.83. The fraction of sp³-hybridized carbons (Fsp3) is 0.143. The Balaban J connectivity index is 1.58. The van der Waals surface area contributed by atoms with Crippen LogP contribution in [-0.2, 0) is 0 Å². The van der Waals surface area contributed by atoms with Crippen molar-refractivity contribution in [1.29, 1.82) is 0 Å². The quantitative estimate of drug-likeness (QED) is 0.244. The molecule has 0 aliphatic heterocycles. The summed E-state index contributed by atoms with van der Waals surface area (Å²) in [5.74, 6) is 0.482. The van der Waals surface area contributed by atoms with Gasteiger partial charge in [0.2, 0.25) is 0 Å². The Kier molecular flexibility index (Phi) is 7.12. The average Bonchev–Trinajstić information content (AvgIpc) is 2.84. The van der Waals surface area contributed by atoms with Crippen LogP contribution < -0.4 is 20.7 Å². The Morgan fingerprint density at radius 3 is 1.45 bits per heavy atom.